The van der Waals surface area contributed by atoms with Gasteiger partial charge in [-0.2, -0.15) is 13.2 Å². The second kappa shape index (κ2) is 5.58. The number of benzene rings is 1. The van der Waals surface area contributed by atoms with Crippen molar-refractivity contribution >= 4 is 44.8 Å². The minimum Gasteiger partial charge on any atom is -0.374 e. The number of alkyl halides is 3. The highest BCUT2D eigenvalue weighted by atomic mass is 79.9. The van der Waals surface area contributed by atoms with Gasteiger partial charge in [-0.05, 0) is 29.3 Å². The van der Waals surface area contributed by atoms with Crippen LogP contribution in [0.1, 0.15) is 12.0 Å². The van der Waals surface area contributed by atoms with E-state index in [1.165, 1.54) is 29.3 Å². The van der Waals surface area contributed by atoms with Gasteiger partial charge in [0.05, 0.1) is 5.71 Å². The smallest absolute Gasteiger partial charge is 0.374 e. The fourth-order valence-corrected chi connectivity index (χ4v) is 2.71. The lowest BCUT2D eigenvalue weighted by Crippen LogP contribution is -2.42. The van der Waals surface area contributed by atoms with E-state index >= 15 is 0 Å². The summed E-state index contributed by atoms with van der Waals surface area (Å²) < 4.78 is 40.4. The van der Waals surface area contributed by atoms with Gasteiger partial charge in [-0.3, -0.25) is 0 Å². The Morgan fingerprint density at radius 3 is 2.35 bits per heavy atom. The van der Waals surface area contributed by atoms with E-state index in [1.807, 2.05) is 0 Å². The molecule has 1 aromatic carbocycles. The van der Waals surface area contributed by atoms with Gasteiger partial charge in [0, 0.05) is 22.0 Å². The molecule has 8 heteroatoms. The highest BCUT2D eigenvalue weighted by Gasteiger charge is 2.62. The molecule has 0 aliphatic carbocycles. The summed E-state index contributed by atoms with van der Waals surface area (Å²) in [6.45, 7) is 0. The molecule has 0 N–H and O–H groups in total. The van der Waals surface area contributed by atoms with Crippen molar-refractivity contribution in [3.8, 4) is 0 Å². The number of nitrogens with zero attached hydrogens (tertiary/aromatic N) is 1. The van der Waals surface area contributed by atoms with Gasteiger partial charge >= 0.3 is 6.18 Å². The zero-order valence-electron chi connectivity index (χ0n) is 9.72. The molecule has 1 aliphatic rings. The molecule has 0 amide bonds. The zero-order chi connectivity index (χ0) is 15.0. The number of hydrogen-bond donors (Lipinski definition) is 0. The summed E-state index contributed by atoms with van der Waals surface area (Å²) in [5.41, 5.74) is -2.58. The first-order chi connectivity index (χ1) is 9.28. The van der Waals surface area contributed by atoms with Crippen LogP contribution in [-0.4, -0.2) is 11.9 Å². The van der Waals surface area contributed by atoms with Crippen molar-refractivity contribution in [2.24, 2.45) is 5.16 Å². The molecule has 1 aliphatic heterocycles. The van der Waals surface area contributed by atoms with Crippen LogP contribution < -0.4 is 0 Å². The lowest BCUT2D eigenvalue weighted by Gasteiger charge is -2.29. The topological polar surface area (TPSA) is 21.6 Å². The third-order valence-corrected chi connectivity index (χ3v) is 3.49. The Morgan fingerprint density at radius 2 is 1.85 bits per heavy atom. The second-order valence-electron chi connectivity index (χ2n) is 4.13. The molecule has 1 unspecified atom stereocenters. The summed E-state index contributed by atoms with van der Waals surface area (Å²) >= 11 is 14.5. The first-order valence-electron chi connectivity index (χ1n) is 5.33. The van der Waals surface area contributed by atoms with Crippen molar-refractivity contribution in [1.29, 1.82) is 0 Å². The highest BCUT2D eigenvalue weighted by molar-refractivity contribution is 9.11. The monoisotopic (exact) mass is 387 g/mol. The fraction of sp³-hybridized carbons (Fsp3) is 0.250. The molecule has 0 bridgehead atoms. The van der Waals surface area contributed by atoms with Gasteiger partial charge in [0.1, 0.15) is 0 Å². The van der Waals surface area contributed by atoms with E-state index in [2.05, 4.69) is 21.1 Å². The van der Waals surface area contributed by atoms with E-state index in [1.54, 1.807) is 0 Å². The molecule has 20 heavy (non-hydrogen) atoms. The Bertz CT molecular complexity index is 568. The van der Waals surface area contributed by atoms with Crippen LogP contribution >= 0.6 is 39.1 Å². The summed E-state index contributed by atoms with van der Waals surface area (Å²) in [7, 11) is 0. The van der Waals surface area contributed by atoms with E-state index in [-0.39, 0.29) is 21.3 Å². The molecule has 2 nitrogen and oxygen atoms in total. The van der Waals surface area contributed by atoms with Crippen molar-refractivity contribution in [2.75, 3.05) is 0 Å². The van der Waals surface area contributed by atoms with Crippen LogP contribution in [0.15, 0.2) is 34.4 Å². The molecule has 0 fully saturated rings. The van der Waals surface area contributed by atoms with Gasteiger partial charge in [-0.1, -0.05) is 44.3 Å². The van der Waals surface area contributed by atoms with E-state index in [4.69, 9.17) is 28.0 Å². The summed E-state index contributed by atoms with van der Waals surface area (Å²) in [5.74, 6) is 0. The van der Waals surface area contributed by atoms with Crippen LogP contribution in [0.4, 0.5) is 13.2 Å². The first kappa shape index (κ1) is 15.7. The Hall–Kier alpha value is -0.720. The second-order valence-corrected chi connectivity index (χ2v) is 5.53. The lowest BCUT2D eigenvalue weighted by molar-refractivity contribution is -0.275. The third-order valence-electron chi connectivity index (χ3n) is 2.79. The molecule has 0 saturated heterocycles. The van der Waals surface area contributed by atoms with E-state index in [0.29, 0.717) is 0 Å². The molecule has 0 aromatic heterocycles. The maximum Gasteiger partial charge on any atom is 0.435 e. The maximum atomic E-state index is 13.5. The Labute approximate surface area is 131 Å². The molecule has 0 spiro atoms. The predicted octanol–water partition coefficient (Wildman–Crippen LogP) is 5.44. The van der Waals surface area contributed by atoms with Crippen LogP contribution in [0.5, 0.6) is 0 Å². The molecular weight excluding hydrogens is 382 g/mol. The standard InChI is InChI=1S/C12H7BrCl2F3NO/c13-2-1-10-6-11(20-19-10,12(16,17)18)7-3-8(14)5-9(15)4-7/h1-5H,6H2/b2-1-. The molecule has 0 saturated carbocycles. The van der Waals surface area contributed by atoms with Gasteiger partial charge in [0.25, 0.3) is 5.60 Å². The van der Waals surface area contributed by atoms with Crippen molar-refractivity contribution in [3.05, 3.63) is 44.9 Å². The minimum absolute atomic E-state index is 0.101. The predicted molar refractivity (Wildman–Crippen MR) is 75.4 cm³/mol. The number of allylic oxidation sites excluding steroid dienone is 1. The number of oxime groups is 1. The zero-order valence-corrected chi connectivity index (χ0v) is 12.8. The van der Waals surface area contributed by atoms with Gasteiger partial charge in [0.15, 0.2) is 0 Å². The summed E-state index contributed by atoms with van der Waals surface area (Å²) in [6.07, 6.45) is -3.72. The summed E-state index contributed by atoms with van der Waals surface area (Å²) in [5, 5.41) is 3.68. The van der Waals surface area contributed by atoms with Crippen LogP contribution in [0.3, 0.4) is 0 Å². The van der Waals surface area contributed by atoms with Gasteiger partial charge in [-0.25, -0.2) is 0 Å². The van der Waals surface area contributed by atoms with E-state index in [9.17, 15) is 13.2 Å². The molecule has 108 valence electrons. The lowest BCUT2D eigenvalue weighted by atomic mass is 9.88. The van der Waals surface area contributed by atoms with Crippen LogP contribution in [-0.2, 0) is 10.4 Å². The average Bonchev–Trinajstić information content (AvgIpc) is 2.73. The van der Waals surface area contributed by atoms with Crippen molar-refractivity contribution in [3.63, 3.8) is 0 Å². The minimum atomic E-state index is -4.66. The van der Waals surface area contributed by atoms with Gasteiger partial charge < -0.3 is 4.84 Å². The largest absolute Gasteiger partial charge is 0.435 e. The maximum absolute atomic E-state index is 13.5. The fourth-order valence-electron chi connectivity index (χ4n) is 1.88. The van der Waals surface area contributed by atoms with Gasteiger partial charge in [-0.15, -0.1) is 0 Å². The van der Waals surface area contributed by atoms with Crippen LogP contribution in [0.2, 0.25) is 10.0 Å². The SMILES string of the molecule is FC(F)(F)C1(c2cc(Cl)cc(Cl)c2)CC(/C=C\Br)=NO1. The molecule has 0 radical (unpaired) electrons. The molecule has 1 heterocycles. The molecule has 2 rings (SSSR count). The number of hydrogen-bond acceptors (Lipinski definition) is 2. The molecule has 1 atom stereocenters. The quantitative estimate of drug-likeness (QED) is 0.661. The van der Waals surface area contributed by atoms with Gasteiger partial charge in [0.2, 0.25) is 0 Å². The van der Waals surface area contributed by atoms with E-state index < -0.39 is 18.2 Å². The number of halogens is 6. The van der Waals surface area contributed by atoms with Crippen molar-refractivity contribution in [2.45, 2.75) is 18.2 Å². The Morgan fingerprint density at radius 1 is 1.25 bits per heavy atom. The Balaban J connectivity index is 2.51. The summed E-state index contributed by atoms with van der Waals surface area (Å²) in [6, 6.07) is 3.71. The summed E-state index contributed by atoms with van der Waals surface area (Å²) in [4.78, 5) is 6.15. The van der Waals surface area contributed by atoms with Crippen LogP contribution in [0.25, 0.3) is 0 Å². The molecule has 1 aromatic rings. The van der Waals surface area contributed by atoms with Crippen molar-refractivity contribution < 1.29 is 18.0 Å². The normalized spacial score (nSPS) is 23.0. The highest BCUT2D eigenvalue weighted by Crippen LogP contribution is 2.49. The molecular formula is C12H7BrCl2F3NO. The van der Waals surface area contributed by atoms with Crippen LogP contribution in [0, 0.1) is 0 Å². The number of rotatable bonds is 2. The van der Waals surface area contributed by atoms with Crippen molar-refractivity contribution in [1.82, 2.24) is 0 Å². The Kier molecular flexibility index (Phi) is 4.37. The van der Waals surface area contributed by atoms with E-state index in [0.717, 1.165) is 0 Å². The average molecular weight is 389 g/mol. The first-order valence-corrected chi connectivity index (χ1v) is 7.01. The third kappa shape index (κ3) is 2.82.